The van der Waals surface area contributed by atoms with Crippen molar-refractivity contribution in [2.75, 3.05) is 6.54 Å². The standard InChI is InChI=1S/C16H16BrCl2NO/c1-9-2-4-13(17)11(6-9)16(21)12(8-20)10-3-5-14(18)15(19)7-10/h2-7,12,16,21H,8,20H2,1H3. The largest absolute Gasteiger partial charge is 0.388 e. The zero-order valence-electron chi connectivity index (χ0n) is 11.5. The van der Waals surface area contributed by atoms with Crippen LogP contribution in [0, 0.1) is 6.92 Å². The van der Waals surface area contributed by atoms with Gasteiger partial charge in [-0.25, -0.2) is 0 Å². The van der Waals surface area contributed by atoms with Gasteiger partial charge in [0, 0.05) is 16.9 Å². The maximum absolute atomic E-state index is 10.7. The first kappa shape index (κ1) is 16.8. The summed E-state index contributed by atoms with van der Waals surface area (Å²) >= 11 is 15.5. The van der Waals surface area contributed by atoms with Gasteiger partial charge in [0.1, 0.15) is 0 Å². The molecule has 0 aliphatic heterocycles. The summed E-state index contributed by atoms with van der Waals surface area (Å²) in [4.78, 5) is 0. The van der Waals surface area contributed by atoms with Crippen molar-refractivity contribution in [2.24, 2.45) is 5.73 Å². The predicted octanol–water partition coefficient (Wildman–Crippen LogP) is 4.84. The Morgan fingerprint density at radius 1 is 1.14 bits per heavy atom. The molecule has 0 aliphatic carbocycles. The van der Waals surface area contributed by atoms with E-state index in [9.17, 15) is 5.11 Å². The Labute approximate surface area is 143 Å². The summed E-state index contributed by atoms with van der Waals surface area (Å²) in [6.45, 7) is 2.29. The van der Waals surface area contributed by atoms with Crippen LogP contribution in [0.25, 0.3) is 0 Å². The number of halogens is 3. The van der Waals surface area contributed by atoms with E-state index in [1.807, 2.05) is 31.2 Å². The Kier molecular flexibility index (Phi) is 5.69. The van der Waals surface area contributed by atoms with Crippen molar-refractivity contribution in [1.82, 2.24) is 0 Å². The third-order valence-electron chi connectivity index (χ3n) is 3.48. The molecule has 0 amide bonds. The average Bonchev–Trinajstić information content (AvgIpc) is 2.46. The number of aliphatic hydroxyl groups is 1. The summed E-state index contributed by atoms with van der Waals surface area (Å²) in [7, 11) is 0. The Morgan fingerprint density at radius 3 is 2.48 bits per heavy atom. The minimum absolute atomic E-state index is 0.252. The summed E-state index contributed by atoms with van der Waals surface area (Å²) in [5.74, 6) is -0.252. The molecule has 112 valence electrons. The lowest BCUT2D eigenvalue weighted by Crippen LogP contribution is -2.20. The summed E-state index contributed by atoms with van der Waals surface area (Å²) < 4.78 is 0.860. The molecule has 0 spiro atoms. The van der Waals surface area contributed by atoms with Crippen LogP contribution in [0.5, 0.6) is 0 Å². The van der Waals surface area contributed by atoms with Gasteiger partial charge in [-0.2, -0.15) is 0 Å². The van der Waals surface area contributed by atoms with Gasteiger partial charge in [0.2, 0.25) is 0 Å². The number of hydrogen-bond acceptors (Lipinski definition) is 2. The van der Waals surface area contributed by atoms with Gasteiger partial charge >= 0.3 is 0 Å². The van der Waals surface area contributed by atoms with Crippen LogP contribution in [-0.2, 0) is 0 Å². The molecule has 2 rings (SSSR count). The van der Waals surface area contributed by atoms with Gasteiger partial charge in [-0.05, 0) is 36.2 Å². The molecule has 2 unspecified atom stereocenters. The maximum Gasteiger partial charge on any atom is 0.0881 e. The molecule has 0 aliphatic rings. The monoisotopic (exact) mass is 387 g/mol. The Morgan fingerprint density at radius 2 is 1.86 bits per heavy atom. The second-order valence-corrected chi connectivity index (χ2v) is 6.65. The molecule has 0 aromatic heterocycles. The number of nitrogens with two attached hydrogens (primary N) is 1. The van der Waals surface area contributed by atoms with E-state index in [1.54, 1.807) is 12.1 Å². The molecule has 5 heteroatoms. The van der Waals surface area contributed by atoms with Crippen LogP contribution in [0.1, 0.15) is 28.7 Å². The molecule has 0 radical (unpaired) electrons. The van der Waals surface area contributed by atoms with Crippen LogP contribution in [0.2, 0.25) is 10.0 Å². The molecule has 0 saturated carbocycles. The lowest BCUT2D eigenvalue weighted by molar-refractivity contribution is 0.146. The highest BCUT2D eigenvalue weighted by atomic mass is 79.9. The molecule has 21 heavy (non-hydrogen) atoms. The molecule has 2 nitrogen and oxygen atoms in total. The number of aliphatic hydroxyl groups excluding tert-OH is 1. The highest BCUT2D eigenvalue weighted by Gasteiger charge is 2.24. The molecule has 0 saturated heterocycles. The van der Waals surface area contributed by atoms with Crippen molar-refractivity contribution in [3.63, 3.8) is 0 Å². The van der Waals surface area contributed by atoms with Gasteiger partial charge < -0.3 is 10.8 Å². The first-order valence-electron chi connectivity index (χ1n) is 6.53. The van der Waals surface area contributed by atoms with Crippen molar-refractivity contribution in [2.45, 2.75) is 18.9 Å². The Balaban J connectivity index is 2.40. The fourth-order valence-electron chi connectivity index (χ4n) is 2.30. The molecule has 0 bridgehead atoms. The topological polar surface area (TPSA) is 46.2 Å². The molecular formula is C16H16BrCl2NO. The van der Waals surface area contributed by atoms with Crippen molar-refractivity contribution < 1.29 is 5.11 Å². The van der Waals surface area contributed by atoms with E-state index in [0.29, 0.717) is 16.6 Å². The number of benzene rings is 2. The Hall–Kier alpha value is -0.580. The van der Waals surface area contributed by atoms with Crippen LogP contribution in [0.3, 0.4) is 0 Å². The smallest absolute Gasteiger partial charge is 0.0881 e. The van der Waals surface area contributed by atoms with Gasteiger partial charge in [0.05, 0.1) is 16.1 Å². The van der Waals surface area contributed by atoms with E-state index in [2.05, 4.69) is 15.9 Å². The van der Waals surface area contributed by atoms with Gasteiger partial charge in [-0.1, -0.05) is 62.9 Å². The van der Waals surface area contributed by atoms with E-state index in [1.165, 1.54) is 0 Å². The normalized spacial score (nSPS) is 14.0. The van der Waals surface area contributed by atoms with E-state index in [0.717, 1.165) is 21.2 Å². The van der Waals surface area contributed by atoms with E-state index < -0.39 is 6.10 Å². The van der Waals surface area contributed by atoms with E-state index in [-0.39, 0.29) is 5.92 Å². The second-order valence-electron chi connectivity index (χ2n) is 4.99. The first-order valence-corrected chi connectivity index (χ1v) is 8.08. The van der Waals surface area contributed by atoms with Gasteiger partial charge in [-0.15, -0.1) is 0 Å². The fourth-order valence-corrected chi connectivity index (χ4v) is 3.08. The quantitative estimate of drug-likeness (QED) is 0.786. The van der Waals surface area contributed by atoms with Gasteiger partial charge in [0.15, 0.2) is 0 Å². The van der Waals surface area contributed by atoms with Crippen LogP contribution in [0.4, 0.5) is 0 Å². The summed E-state index contributed by atoms with van der Waals surface area (Å²) in [6, 6.07) is 11.2. The third-order valence-corrected chi connectivity index (χ3v) is 4.94. The van der Waals surface area contributed by atoms with Crippen LogP contribution >= 0.6 is 39.1 Å². The van der Waals surface area contributed by atoms with Crippen LogP contribution < -0.4 is 5.73 Å². The molecule has 2 atom stereocenters. The van der Waals surface area contributed by atoms with E-state index >= 15 is 0 Å². The molecular weight excluding hydrogens is 373 g/mol. The molecule has 0 fully saturated rings. The first-order chi connectivity index (χ1) is 9.93. The lowest BCUT2D eigenvalue weighted by Gasteiger charge is -2.24. The molecule has 3 N–H and O–H groups in total. The summed E-state index contributed by atoms with van der Waals surface area (Å²) in [6.07, 6.45) is -0.721. The van der Waals surface area contributed by atoms with Crippen molar-refractivity contribution in [3.05, 3.63) is 67.6 Å². The minimum Gasteiger partial charge on any atom is -0.388 e. The summed E-state index contributed by atoms with van der Waals surface area (Å²) in [5.41, 5.74) is 8.63. The molecule has 2 aromatic carbocycles. The highest BCUT2D eigenvalue weighted by molar-refractivity contribution is 9.10. The minimum atomic E-state index is -0.721. The molecule has 0 heterocycles. The van der Waals surface area contributed by atoms with Crippen molar-refractivity contribution >= 4 is 39.1 Å². The van der Waals surface area contributed by atoms with Crippen LogP contribution in [-0.4, -0.2) is 11.7 Å². The van der Waals surface area contributed by atoms with Gasteiger partial charge in [-0.3, -0.25) is 0 Å². The average molecular weight is 389 g/mol. The highest BCUT2D eigenvalue weighted by Crippen LogP contribution is 2.36. The van der Waals surface area contributed by atoms with Gasteiger partial charge in [0.25, 0.3) is 0 Å². The fraction of sp³-hybridized carbons (Fsp3) is 0.250. The van der Waals surface area contributed by atoms with Crippen molar-refractivity contribution in [3.8, 4) is 0 Å². The summed E-state index contributed by atoms with van der Waals surface area (Å²) in [5, 5.41) is 11.7. The molecule has 2 aromatic rings. The number of hydrogen-bond donors (Lipinski definition) is 2. The Bertz CT molecular complexity index is 648. The zero-order chi connectivity index (χ0) is 15.6. The predicted molar refractivity (Wildman–Crippen MR) is 92.1 cm³/mol. The van der Waals surface area contributed by atoms with Crippen LogP contribution in [0.15, 0.2) is 40.9 Å². The van der Waals surface area contributed by atoms with Crippen molar-refractivity contribution in [1.29, 1.82) is 0 Å². The second kappa shape index (κ2) is 7.12. The zero-order valence-corrected chi connectivity index (χ0v) is 14.6. The van der Waals surface area contributed by atoms with E-state index in [4.69, 9.17) is 28.9 Å². The lowest BCUT2D eigenvalue weighted by atomic mass is 9.89. The SMILES string of the molecule is Cc1ccc(Br)c(C(O)C(CN)c2ccc(Cl)c(Cl)c2)c1. The third kappa shape index (κ3) is 3.79. The number of aryl methyl sites for hydroxylation is 1. The maximum atomic E-state index is 10.7. The number of rotatable bonds is 4.